The topological polar surface area (TPSA) is 72.3 Å². The second kappa shape index (κ2) is 13.0. The van der Waals surface area contributed by atoms with E-state index in [4.69, 9.17) is 15.0 Å². The molecular formula is C58H32N6. The highest BCUT2D eigenvalue weighted by atomic mass is 15.0. The Morgan fingerprint density at radius 3 is 1.28 bits per heavy atom. The van der Waals surface area contributed by atoms with Crippen molar-refractivity contribution in [2.45, 2.75) is 0 Å². The van der Waals surface area contributed by atoms with Crippen molar-refractivity contribution in [2.75, 3.05) is 0 Å². The molecule has 0 radical (unpaired) electrons. The smallest absolute Gasteiger partial charge is 0.104 e. The second-order valence-electron chi connectivity index (χ2n) is 16.6. The number of fused-ring (bicyclic) bond motifs is 6. The Hall–Kier alpha value is -8.92. The van der Waals surface area contributed by atoms with Crippen molar-refractivity contribution in [1.29, 1.82) is 5.26 Å². The predicted octanol–water partition coefficient (Wildman–Crippen LogP) is 14.4. The summed E-state index contributed by atoms with van der Waals surface area (Å²) in [6.45, 7) is 0. The van der Waals surface area contributed by atoms with E-state index in [2.05, 4.69) is 185 Å². The maximum atomic E-state index is 12.3. The van der Waals surface area contributed by atoms with Crippen molar-refractivity contribution < 1.29 is 0 Å². The van der Waals surface area contributed by atoms with Gasteiger partial charge in [0.25, 0.3) is 0 Å². The first kappa shape index (κ1) is 34.8. The van der Waals surface area contributed by atoms with E-state index in [9.17, 15) is 5.26 Å². The molecule has 0 N–H and O–H groups in total. The van der Waals surface area contributed by atoms with Gasteiger partial charge in [-0.3, -0.25) is 15.0 Å². The molecule has 0 fully saturated rings. The lowest BCUT2D eigenvalue weighted by Gasteiger charge is -2.27. The van der Waals surface area contributed by atoms with Gasteiger partial charge in [0, 0.05) is 73.0 Å². The van der Waals surface area contributed by atoms with Crippen molar-refractivity contribution in [2.24, 2.45) is 0 Å². The minimum atomic E-state index is 0.548. The molecule has 14 aromatic rings. The Bertz CT molecular complexity index is 3820. The summed E-state index contributed by atoms with van der Waals surface area (Å²) in [5.74, 6) is 0. The Morgan fingerprint density at radius 2 is 0.766 bits per heavy atom. The third kappa shape index (κ3) is 4.49. The first-order valence-corrected chi connectivity index (χ1v) is 21.5. The van der Waals surface area contributed by atoms with Crippen LogP contribution in [0.2, 0.25) is 0 Å². The van der Waals surface area contributed by atoms with E-state index in [1.165, 1.54) is 10.8 Å². The van der Waals surface area contributed by atoms with Crippen molar-refractivity contribution >= 4 is 87.0 Å². The first-order chi connectivity index (χ1) is 31.8. The third-order valence-corrected chi connectivity index (χ3v) is 13.4. The minimum Gasteiger partial charge on any atom is -0.307 e. The lowest BCUT2D eigenvalue weighted by molar-refractivity contribution is 1.12. The SMILES string of the molecule is N#Cc1c(-n2c3cccc4c5ccccc5c5cncc2c5c43)c(-c2ccccc2)c(-c2ccccc2)c(-c2ccccc2)c1-n1c2cccc3c4nccnc4c4cccc1c4c32. The molecule has 0 saturated carbocycles. The first-order valence-electron chi connectivity index (χ1n) is 21.5. The van der Waals surface area contributed by atoms with Crippen molar-refractivity contribution in [3.05, 3.63) is 200 Å². The van der Waals surface area contributed by atoms with Crippen LogP contribution in [-0.2, 0) is 0 Å². The van der Waals surface area contributed by atoms with Gasteiger partial charge >= 0.3 is 0 Å². The molecule has 0 spiro atoms. The van der Waals surface area contributed by atoms with E-state index < -0.39 is 0 Å². The molecule has 6 nitrogen and oxygen atoms in total. The molecule has 0 atom stereocenters. The highest BCUT2D eigenvalue weighted by molar-refractivity contribution is 6.35. The number of pyridine rings is 1. The van der Waals surface area contributed by atoms with E-state index in [-0.39, 0.29) is 0 Å². The van der Waals surface area contributed by atoms with Gasteiger partial charge in [0.05, 0.1) is 50.7 Å². The van der Waals surface area contributed by atoms with Gasteiger partial charge in [-0.15, -0.1) is 0 Å². The third-order valence-electron chi connectivity index (χ3n) is 13.4. The van der Waals surface area contributed by atoms with Crippen LogP contribution in [0.15, 0.2) is 195 Å². The van der Waals surface area contributed by atoms with Crippen LogP contribution in [0.3, 0.4) is 0 Å². The summed E-state index contributed by atoms with van der Waals surface area (Å²) in [5.41, 5.74) is 13.8. The standard InChI is InChI=1S/C58H32N6/c59-31-42-57(63-45-27-13-24-40-52(45)53-41(25-14-28-46(53)63)56-55(40)61-29-30-62-56)49(35-17-6-2-7-18-35)48(34-15-4-1-5-16-34)50(36-19-8-3-9-20-36)58(42)64-44-26-12-23-39-37-21-10-11-22-38(37)43-32-60-33-47(64)54(43)51(39)44/h1-30,32-33H. The van der Waals surface area contributed by atoms with Crippen molar-refractivity contribution in [3.63, 3.8) is 0 Å². The zero-order valence-electron chi connectivity index (χ0n) is 34.2. The summed E-state index contributed by atoms with van der Waals surface area (Å²) in [6.07, 6.45) is 7.53. The molecule has 0 amide bonds. The zero-order chi connectivity index (χ0) is 42.0. The molecule has 0 aliphatic heterocycles. The van der Waals surface area contributed by atoms with Crippen LogP contribution in [0.1, 0.15) is 5.56 Å². The number of nitriles is 1. The van der Waals surface area contributed by atoms with Gasteiger partial charge in [-0.2, -0.15) is 5.26 Å². The summed E-state index contributed by atoms with van der Waals surface area (Å²) in [6, 6.07) is 62.9. The van der Waals surface area contributed by atoms with Gasteiger partial charge in [-0.25, -0.2) is 0 Å². The van der Waals surface area contributed by atoms with Gasteiger partial charge < -0.3 is 9.13 Å². The van der Waals surface area contributed by atoms with Crippen LogP contribution in [0.5, 0.6) is 0 Å². The van der Waals surface area contributed by atoms with Crippen molar-refractivity contribution in [1.82, 2.24) is 24.1 Å². The largest absolute Gasteiger partial charge is 0.307 e. The van der Waals surface area contributed by atoms with E-state index in [0.29, 0.717) is 5.56 Å². The average Bonchev–Trinajstić information content (AvgIpc) is 3.89. The second-order valence-corrected chi connectivity index (χ2v) is 16.6. The number of hydrogen-bond donors (Lipinski definition) is 0. The molecule has 294 valence electrons. The fourth-order valence-electron chi connectivity index (χ4n) is 11.0. The highest BCUT2D eigenvalue weighted by Crippen LogP contribution is 2.54. The van der Waals surface area contributed by atoms with E-state index in [0.717, 1.165) is 121 Å². The maximum Gasteiger partial charge on any atom is 0.104 e. The molecule has 0 saturated heterocycles. The van der Waals surface area contributed by atoms with Crippen LogP contribution in [0.25, 0.3) is 132 Å². The van der Waals surface area contributed by atoms with Crippen LogP contribution in [0.4, 0.5) is 0 Å². The summed E-state index contributed by atoms with van der Waals surface area (Å²) in [7, 11) is 0. The van der Waals surface area contributed by atoms with Gasteiger partial charge in [0.15, 0.2) is 0 Å². The maximum absolute atomic E-state index is 12.3. The summed E-state index contributed by atoms with van der Waals surface area (Å²) in [4.78, 5) is 14.8. The molecule has 10 aromatic carbocycles. The van der Waals surface area contributed by atoms with Gasteiger partial charge in [0.1, 0.15) is 11.6 Å². The molecule has 0 aliphatic carbocycles. The van der Waals surface area contributed by atoms with Crippen LogP contribution < -0.4 is 0 Å². The molecule has 0 aliphatic rings. The summed E-state index contributed by atoms with van der Waals surface area (Å²) in [5, 5.41) is 23.4. The Morgan fingerprint density at radius 1 is 0.359 bits per heavy atom. The van der Waals surface area contributed by atoms with E-state index in [1.54, 1.807) is 12.4 Å². The highest BCUT2D eigenvalue weighted by Gasteiger charge is 2.33. The quantitative estimate of drug-likeness (QED) is 0.162. The number of benzene rings is 10. The van der Waals surface area contributed by atoms with Gasteiger partial charge in [0.2, 0.25) is 0 Å². The Balaban J connectivity index is 1.30. The molecule has 4 heterocycles. The molecule has 4 aromatic heterocycles. The minimum absolute atomic E-state index is 0.548. The molecular weight excluding hydrogens is 781 g/mol. The number of rotatable bonds is 5. The normalized spacial score (nSPS) is 12.0. The zero-order valence-corrected chi connectivity index (χ0v) is 34.2. The van der Waals surface area contributed by atoms with Crippen LogP contribution in [0, 0.1) is 11.3 Å². The van der Waals surface area contributed by atoms with Gasteiger partial charge in [-0.1, -0.05) is 152 Å². The molecule has 14 rings (SSSR count). The fraction of sp³-hybridized carbons (Fsp3) is 0. The lowest BCUT2D eigenvalue weighted by atomic mass is 9.82. The average molecular weight is 813 g/mol. The van der Waals surface area contributed by atoms with E-state index in [1.807, 2.05) is 12.4 Å². The summed E-state index contributed by atoms with van der Waals surface area (Å²) >= 11 is 0. The Labute approximate surface area is 365 Å². The lowest BCUT2D eigenvalue weighted by Crippen LogP contribution is -2.11. The molecule has 0 bridgehead atoms. The number of hydrogen-bond acceptors (Lipinski definition) is 4. The van der Waals surface area contributed by atoms with Crippen LogP contribution in [-0.4, -0.2) is 24.1 Å². The van der Waals surface area contributed by atoms with Crippen LogP contribution >= 0.6 is 0 Å². The van der Waals surface area contributed by atoms with Gasteiger partial charge in [-0.05, 0) is 51.0 Å². The summed E-state index contributed by atoms with van der Waals surface area (Å²) < 4.78 is 4.70. The Kier molecular flexibility index (Phi) is 7.08. The van der Waals surface area contributed by atoms with E-state index >= 15 is 0 Å². The number of aromatic nitrogens is 5. The van der Waals surface area contributed by atoms with Crippen molar-refractivity contribution in [3.8, 4) is 50.8 Å². The monoisotopic (exact) mass is 812 g/mol. The predicted molar refractivity (Wildman–Crippen MR) is 262 cm³/mol. The molecule has 0 unspecified atom stereocenters. The molecule has 6 heteroatoms. The molecule has 64 heavy (non-hydrogen) atoms. The fourth-order valence-corrected chi connectivity index (χ4v) is 11.0. The number of nitrogens with zero attached hydrogens (tertiary/aromatic N) is 6.